The second-order valence-electron chi connectivity index (χ2n) is 4.94. The molecule has 2 rings (SSSR count). The van der Waals surface area contributed by atoms with Crippen LogP contribution >= 0.6 is 23.1 Å². The van der Waals surface area contributed by atoms with E-state index in [2.05, 4.69) is 19.7 Å². The Kier molecular flexibility index (Phi) is 6.44. The molecule has 0 spiro atoms. The van der Waals surface area contributed by atoms with E-state index >= 15 is 0 Å². The van der Waals surface area contributed by atoms with Crippen molar-refractivity contribution in [2.75, 3.05) is 12.9 Å². The van der Waals surface area contributed by atoms with Crippen molar-refractivity contribution in [2.45, 2.75) is 24.4 Å². The van der Waals surface area contributed by atoms with Gasteiger partial charge in [-0.2, -0.15) is 5.26 Å². The number of nitrogens with zero attached hydrogens (tertiary/aromatic N) is 3. The van der Waals surface area contributed by atoms with Crippen LogP contribution in [0.2, 0.25) is 0 Å². The Bertz CT molecular complexity index is 884. The van der Waals surface area contributed by atoms with E-state index in [4.69, 9.17) is 0 Å². The van der Waals surface area contributed by atoms with Crippen molar-refractivity contribution in [3.63, 3.8) is 0 Å². The maximum atomic E-state index is 12.3. The summed E-state index contributed by atoms with van der Waals surface area (Å²) >= 11 is 2.25. The lowest BCUT2D eigenvalue weighted by atomic mass is 10.1. The standard InChI is InChI=1S/C15H14N4O4S2/c1-8-6-24-14(17-8)10(5-16)11(20)7-25-15-18-9(3-12(21)19-15)4-13(22)23-2/h3,6,10H,4,7H2,1-2H3,(H,18,19,21)/t10-/m0/s1. The molecule has 0 fully saturated rings. The van der Waals surface area contributed by atoms with Crippen LogP contribution in [0.1, 0.15) is 22.3 Å². The summed E-state index contributed by atoms with van der Waals surface area (Å²) in [4.78, 5) is 46.0. The third-order valence-electron chi connectivity index (χ3n) is 3.01. The summed E-state index contributed by atoms with van der Waals surface area (Å²) in [5.41, 5.74) is 0.566. The summed E-state index contributed by atoms with van der Waals surface area (Å²) in [6, 6.07) is 3.15. The van der Waals surface area contributed by atoms with Crippen molar-refractivity contribution in [3.8, 4) is 6.07 Å². The van der Waals surface area contributed by atoms with Gasteiger partial charge in [0.15, 0.2) is 16.9 Å². The number of Topliss-reactive ketones (excluding diaryl/α,β-unsaturated/α-hetero) is 1. The van der Waals surface area contributed by atoms with Gasteiger partial charge in [0.1, 0.15) is 5.01 Å². The van der Waals surface area contributed by atoms with Crippen LogP contribution < -0.4 is 5.56 Å². The number of ketones is 1. The summed E-state index contributed by atoms with van der Waals surface area (Å²) < 4.78 is 4.54. The number of thioether (sulfide) groups is 1. The number of aromatic amines is 1. The number of rotatable bonds is 7. The molecule has 0 aromatic carbocycles. The first-order valence-electron chi connectivity index (χ1n) is 7.07. The highest BCUT2D eigenvalue weighted by atomic mass is 32.2. The van der Waals surface area contributed by atoms with Crippen LogP contribution in [0.25, 0.3) is 0 Å². The summed E-state index contributed by atoms with van der Waals surface area (Å²) in [6.07, 6.45) is -0.138. The van der Waals surface area contributed by atoms with E-state index in [-0.39, 0.29) is 28.8 Å². The molecule has 2 aromatic heterocycles. The van der Waals surface area contributed by atoms with Crippen LogP contribution in [-0.4, -0.2) is 39.6 Å². The van der Waals surface area contributed by atoms with Gasteiger partial charge in [-0.15, -0.1) is 11.3 Å². The van der Waals surface area contributed by atoms with E-state index in [1.165, 1.54) is 24.5 Å². The molecule has 0 saturated carbocycles. The number of aryl methyl sites for hydroxylation is 1. The predicted molar refractivity (Wildman–Crippen MR) is 91.5 cm³/mol. The lowest BCUT2D eigenvalue weighted by Gasteiger charge is -2.06. The molecule has 0 amide bonds. The van der Waals surface area contributed by atoms with Crippen LogP contribution in [0, 0.1) is 18.3 Å². The van der Waals surface area contributed by atoms with E-state index in [1.54, 1.807) is 12.3 Å². The molecule has 0 aliphatic heterocycles. The van der Waals surface area contributed by atoms with Gasteiger partial charge in [-0.25, -0.2) is 9.97 Å². The molecule has 0 aliphatic carbocycles. The van der Waals surface area contributed by atoms with Crippen molar-refractivity contribution in [3.05, 3.63) is 38.2 Å². The van der Waals surface area contributed by atoms with Crippen molar-refractivity contribution >= 4 is 34.9 Å². The quantitative estimate of drug-likeness (QED) is 0.433. The Labute approximate surface area is 151 Å². The van der Waals surface area contributed by atoms with Gasteiger partial charge in [0.25, 0.3) is 5.56 Å². The molecule has 1 atom stereocenters. The first kappa shape index (κ1) is 18.8. The predicted octanol–water partition coefficient (Wildman–Crippen LogP) is 1.22. The maximum absolute atomic E-state index is 12.3. The molecule has 0 bridgehead atoms. The van der Waals surface area contributed by atoms with Crippen molar-refractivity contribution in [1.29, 1.82) is 5.26 Å². The lowest BCUT2D eigenvalue weighted by Crippen LogP contribution is -2.16. The van der Waals surface area contributed by atoms with Gasteiger partial charge < -0.3 is 9.72 Å². The zero-order valence-corrected chi connectivity index (χ0v) is 15.1. The monoisotopic (exact) mass is 378 g/mol. The third-order valence-corrected chi connectivity index (χ3v) is 4.94. The SMILES string of the molecule is COC(=O)Cc1cc(=O)[nH]c(SCC(=O)[C@H](C#N)c2nc(C)cs2)n1. The maximum Gasteiger partial charge on any atom is 0.311 e. The summed E-state index contributed by atoms with van der Waals surface area (Å²) in [7, 11) is 1.24. The number of hydrogen-bond donors (Lipinski definition) is 1. The number of carbonyl (C=O) groups excluding carboxylic acids is 2. The first-order chi connectivity index (χ1) is 11.9. The summed E-state index contributed by atoms with van der Waals surface area (Å²) in [5, 5.41) is 11.7. The summed E-state index contributed by atoms with van der Waals surface area (Å²) in [5.74, 6) is -1.85. The Morgan fingerprint density at radius 1 is 1.48 bits per heavy atom. The van der Waals surface area contributed by atoms with Crippen molar-refractivity contribution < 1.29 is 14.3 Å². The number of methoxy groups -OCH3 is 1. The lowest BCUT2D eigenvalue weighted by molar-refractivity contribution is -0.139. The van der Waals surface area contributed by atoms with E-state index in [0.29, 0.717) is 5.01 Å². The molecule has 0 unspecified atom stereocenters. The molecule has 25 heavy (non-hydrogen) atoms. The van der Waals surface area contributed by atoms with E-state index < -0.39 is 17.4 Å². The zero-order chi connectivity index (χ0) is 18.4. The number of hydrogen-bond acceptors (Lipinski definition) is 9. The van der Waals surface area contributed by atoms with E-state index in [0.717, 1.165) is 17.5 Å². The second-order valence-corrected chi connectivity index (χ2v) is 6.79. The second kappa shape index (κ2) is 8.55. The van der Waals surface area contributed by atoms with Crippen LogP contribution in [-0.2, 0) is 20.7 Å². The molecule has 0 saturated heterocycles. The van der Waals surface area contributed by atoms with Gasteiger partial charge in [0.05, 0.1) is 31.0 Å². The molecule has 0 aliphatic rings. The first-order valence-corrected chi connectivity index (χ1v) is 8.93. The topological polar surface area (TPSA) is 126 Å². The van der Waals surface area contributed by atoms with Gasteiger partial charge in [0.2, 0.25) is 0 Å². The van der Waals surface area contributed by atoms with Gasteiger partial charge in [-0.1, -0.05) is 11.8 Å². The molecule has 2 aromatic rings. The molecule has 2 heterocycles. The minimum Gasteiger partial charge on any atom is -0.469 e. The average molecular weight is 378 g/mol. The minimum atomic E-state index is -0.948. The number of esters is 1. The fourth-order valence-electron chi connectivity index (χ4n) is 1.85. The fraction of sp³-hybridized carbons (Fsp3) is 0.333. The molecule has 8 nitrogen and oxygen atoms in total. The van der Waals surface area contributed by atoms with E-state index in [1.807, 2.05) is 6.07 Å². The molecule has 10 heteroatoms. The number of nitrogens with one attached hydrogen (secondary N) is 1. The zero-order valence-electron chi connectivity index (χ0n) is 13.4. The highest BCUT2D eigenvalue weighted by Crippen LogP contribution is 2.23. The number of carbonyl (C=O) groups is 2. The minimum absolute atomic E-state index is 0.0541. The highest BCUT2D eigenvalue weighted by molar-refractivity contribution is 7.99. The Balaban J connectivity index is 2.07. The Hall–Kier alpha value is -2.51. The van der Waals surface area contributed by atoms with Crippen molar-refractivity contribution in [1.82, 2.24) is 15.0 Å². The van der Waals surface area contributed by atoms with Crippen LogP contribution in [0.4, 0.5) is 0 Å². The molecular weight excluding hydrogens is 364 g/mol. The van der Waals surface area contributed by atoms with Crippen LogP contribution in [0.5, 0.6) is 0 Å². The Morgan fingerprint density at radius 3 is 2.84 bits per heavy atom. The number of H-pyrrole nitrogens is 1. The number of thiazole rings is 1. The van der Waals surface area contributed by atoms with Crippen LogP contribution in [0.15, 0.2) is 21.4 Å². The van der Waals surface area contributed by atoms with Gasteiger partial charge >= 0.3 is 5.97 Å². The molecular formula is C15H14N4O4S2. The smallest absolute Gasteiger partial charge is 0.311 e. The van der Waals surface area contributed by atoms with Crippen molar-refractivity contribution in [2.24, 2.45) is 0 Å². The number of ether oxygens (including phenoxy) is 1. The van der Waals surface area contributed by atoms with Crippen LogP contribution in [0.3, 0.4) is 0 Å². The fourth-order valence-corrected chi connectivity index (χ4v) is 3.52. The van der Waals surface area contributed by atoms with Gasteiger partial charge in [0, 0.05) is 17.1 Å². The van der Waals surface area contributed by atoms with E-state index in [9.17, 15) is 19.6 Å². The number of nitriles is 1. The number of aromatic nitrogens is 3. The average Bonchev–Trinajstić information content (AvgIpc) is 2.99. The van der Waals surface area contributed by atoms with Gasteiger partial charge in [-0.3, -0.25) is 14.4 Å². The third kappa shape index (κ3) is 5.23. The summed E-state index contributed by atoms with van der Waals surface area (Å²) in [6.45, 7) is 1.79. The molecule has 0 radical (unpaired) electrons. The Morgan fingerprint density at radius 2 is 2.24 bits per heavy atom. The normalized spacial score (nSPS) is 11.6. The largest absolute Gasteiger partial charge is 0.469 e. The highest BCUT2D eigenvalue weighted by Gasteiger charge is 2.23. The molecule has 1 N–H and O–H groups in total. The molecule has 130 valence electrons. The van der Waals surface area contributed by atoms with Gasteiger partial charge in [-0.05, 0) is 6.92 Å².